The average molecular weight is 271 g/mol. The van der Waals surface area contributed by atoms with Crippen molar-refractivity contribution in [3.8, 4) is 0 Å². The van der Waals surface area contributed by atoms with Crippen LogP contribution in [0.1, 0.15) is 53.4 Å². The predicted octanol–water partition coefficient (Wildman–Crippen LogP) is 2.00. The number of carbonyl (C=O) groups is 1. The van der Waals surface area contributed by atoms with Gasteiger partial charge in [-0.15, -0.1) is 0 Å². The number of amides is 1. The maximum Gasteiger partial charge on any atom is 0.236 e. The molecule has 0 aromatic rings. The zero-order valence-electron chi connectivity index (χ0n) is 13.5. The minimum atomic E-state index is -0.0836. The second-order valence-electron chi connectivity index (χ2n) is 5.60. The standard InChI is InChI=1S/C15H33N3O/c1-6-7-10-17-15(19)14(4)16-11-8-9-12-18(5)13(2)3/h13-14,16H,6-12H2,1-5H3,(H,17,19). The first-order valence-electron chi connectivity index (χ1n) is 7.70. The lowest BCUT2D eigenvalue weighted by atomic mass is 10.2. The molecule has 0 bridgehead atoms. The summed E-state index contributed by atoms with van der Waals surface area (Å²) < 4.78 is 0. The highest BCUT2D eigenvalue weighted by Gasteiger charge is 2.10. The highest BCUT2D eigenvalue weighted by Crippen LogP contribution is 1.97. The third-order valence-corrected chi connectivity index (χ3v) is 3.49. The molecule has 0 aromatic heterocycles. The van der Waals surface area contributed by atoms with Crippen molar-refractivity contribution in [2.24, 2.45) is 0 Å². The molecular weight excluding hydrogens is 238 g/mol. The maximum atomic E-state index is 11.7. The first-order chi connectivity index (χ1) is 8.99. The van der Waals surface area contributed by atoms with E-state index >= 15 is 0 Å². The van der Waals surface area contributed by atoms with Crippen molar-refractivity contribution >= 4 is 5.91 Å². The smallest absolute Gasteiger partial charge is 0.236 e. The molecule has 0 aliphatic rings. The summed E-state index contributed by atoms with van der Waals surface area (Å²) in [4.78, 5) is 14.0. The Kier molecular flexibility index (Phi) is 10.9. The van der Waals surface area contributed by atoms with E-state index in [2.05, 4.69) is 43.4 Å². The van der Waals surface area contributed by atoms with Crippen LogP contribution in [0.25, 0.3) is 0 Å². The largest absolute Gasteiger partial charge is 0.355 e. The van der Waals surface area contributed by atoms with E-state index in [1.54, 1.807) is 0 Å². The summed E-state index contributed by atoms with van der Waals surface area (Å²) in [5.74, 6) is 0.118. The van der Waals surface area contributed by atoms with E-state index in [9.17, 15) is 4.79 Å². The minimum absolute atomic E-state index is 0.0836. The molecule has 1 unspecified atom stereocenters. The summed E-state index contributed by atoms with van der Waals surface area (Å²) >= 11 is 0. The van der Waals surface area contributed by atoms with E-state index in [1.165, 1.54) is 6.42 Å². The normalized spacial score (nSPS) is 13.0. The van der Waals surface area contributed by atoms with E-state index in [0.29, 0.717) is 6.04 Å². The Hall–Kier alpha value is -0.610. The summed E-state index contributed by atoms with van der Waals surface area (Å²) in [5.41, 5.74) is 0. The lowest BCUT2D eigenvalue weighted by Gasteiger charge is -2.21. The fourth-order valence-electron chi connectivity index (χ4n) is 1.70. The molecule has 0 saturated carbocycles. The van der Waals surface area contributed by atoms with Crippen molar-refractivity contribution < 1.29 is 4.79 Å². The number of nitrogens with one attached hydrogen (secondary N) is 2. The van der Waals surface area contributed by atoms with Crippen LogP contribution in [0.15, 0.2) is 0 Å². The molecule has 2 N–H and O–H groups in total. The highest BCUT2D eigenvalue weighted by molar-refractivity contribution is 5.81. The molecule has 1 amide bonds. The van der Waals surface area contributed by atoms with Gasteiger partial charge in [-0.05, 0) is 60.2 Å². The second kappa shape index (κ2) is 11.2. The zero-order valence-corrected chi connectivity index (χ0v) is 13.5. The number of rotatable bonds is 11. The van der Waals surface area contributed by atoms with Gasteiger partial charge in [0.1, 0.15) is 0 Å². The first-order valence-corrected chi connectivity index (χ1v) is 7.70. The minimum Gasteiger partial charge on any atom is -0.355 e. The van der Waals surface area contributed by atoms with Crippen molar-refractivity contribution in [1.82, 2.24) is 15.5 Å². The van der Waals surface area contributed by atoms with Gasteiger partial charge in [0.05, 0.1) is 6.04 Å². The van der Waals surface area contributed by atoms with E-state index in [4.69, 9.17) is 0 Å². The fourth-order valence-corrected chi connectivity index (χ4v) is 1.70. The first kappa shape index (κ1) is 18.4. The SMILES string of the molecule is CCCCNC(=O)C(C)NCCCCN(C)C(C)C. The van der Waals surface area contributed by atoms with Gasteiger partial charge in [-0.1, -0.05) is 13.3 Å². The van der Waals surface area contributed by atoms with Crippen molar-refractivity contribution in [2.45, 2.75) is 65.5 Å². The molecule has 0 radical (unpaired) electrons. The second-order valence-corrected chi connectivity index (χ2v) is 5.60. The van der Waals surface area contributed by atoms with Crippen LogP contribution in [0.5, 0.6) is 0 Å². The summed E-state index contributed by atoms with van der Waals surface area (Å²) in [7, 11) is 2.15. The molecule has 1 atom stereocenters. The quantitative estimate of drug-likeness (QED) is 0.565. The van der Waals surface area contributed by atoms with E-state index in [1.807, 2.05) is 6.92 Å². The molecule has 0 rings (SSSR count). The van der Waals surface area contributed by atoms with E-state index in [-0.39, 0.29) is 11.9 Å². The third-order valence-electron chi connectivity index (χ3n) is 3.49. The van der Waals surface area contributed by atoms with Gasteiger partial charge in [0.25, 0.3) is 0 Å². The maximum absolute atomic E-state index is 11.7. The molecule has 19 heavy (non-hydrogen) atoms. The van der Waals surface area contributed by atoms with Gasteiger partial charge in [-0.3, -0.25) is 4.79 Å². The molecule has 0 heterocycles. The van der Waals surface area contributed by atoms with Crippen LogP contribution in [0.3, 0.4) is 0 Å². The summed E-state index contributed by atoms with van der Waals surface area (Å²) in [6, 6.07) is 0.524. The Labute approximate surface area is 119 Å². The third kappa shape index (κ3) is 9.91. The highest BCUT2D eigenvalue weighted by atomic mass is 16.2. The Balaban J connectivity index is 3.52. The molecule has 0 aliphatic heterocycles. The van der Waals surface area contributed by atoms with E-state index < -0.39 is 0 Å². The topological polar surface area (TPSA) is 44.4 Å². The van der Waals surface area contributed by atoms with Crippen LogP contribution in [0, 0.1) is 0 Å². The molecule has 4 nitrogen and oxygen atoms in total. The molecule has 0 aliphatic carbocycles. The predicted molar refractivity (Wildman–Crippen MR) is 82.4 cm³/mol. The molecule has 0 saturated heterocycles. The van der Waals surface area contributed by atoms with Crippen LogP contribution in [-0.2, 0) is 4.79 Å². The average Bonchev–Trinajstić information content (AvgIpc) is 2.37. The van der Waals surface area contributed by atoms with Gasteiger partial charge in [0.2, 0.25) is 5.91 Å². The number of carbonyl (C=O) groups excluding carboxylic acids is 1. The van der Waals surface area contributed by atoms with Crippen LogP contribution >= 0.6 is 0 Å². The van der Waals surface area contributed by atoms with Crippen LogP contribution in [0.4, 0.5) is 0 Å². The van der Waals surface area contributed by atoms with Crippen LogP contribution < -0.4 is 10.6 Å². The Morgan fingerprint density at radius 2 is 1.79 bits per heavy atom. The Bertz CT molecular complexity index is 231. The lowest BCUT2D eigenvalue weighted by Crippen LogP contribution is -2.42. The summed E-state index contributed by atoms with van der Waals surface area (Å²) in [6.07, 6.45) is 4.46. The van der Waals surface area contributed by atoms with Gasteiger partial charge < -0.3 is 15.5 Å². The van der Waals surface area contributed by atoms with Gasteiger partial charge in [0.15, 0.2) is 0 Å². The van der Waals surface area contributed by atoms with Crippen LogP contribution in [-0.4, -0.2) is 49.6 Å². The number of nitrogens with zero attached hydrogens (tertiary/aromatic N) is 1. The van der Waals surface area contributed by atoms with Gasteiger partial charge in [0, 0.05) is 12.6 Å². The molecule has 0 fully saturated rings. The van der Waals surface area contributed by atoms with E-state index in [0.717, 1.165) is 38.9 Å². The fraction of sp³-hybridized carbons (Fsp3) is 0.933. The summed E-state index contributed by atoms with van der Waals surface area (Å²) in [5, 5.41) is 6.23. The molecule has 0 spiro atoms. The zero-order chi connectivity index (χ0) is 14.7. The van der Waals surface area contributed by atoms with Crippen LogP contribution in [0.2, 0.25) is 0 Å². The Morgan fingerprint density at radius 3 is 2.37 bits per heavy atom. The van der Waals surface area contributed by atoms with Gasteiger partial charge in [-0.2, -0.15) is 0 Å². The molecule has 0 aromatic carbocycles. The molecule has 4 heteroatoms. The molecular formula is C15H33N3O. The van der Waals surface area contributed by atoms with Gasteiger partial charge >= 0.3 is 0 Å². The number of unbranched alkanes of at least 4 members (excludes halogenated alkanes) is 2. The monoisotopic (exact) mass is 271 g/mol. The molecule has 114 valence electrons. The van der Waals surface area contributed by atoms with Crippen molar-refractivity contribution in [2.75, 3.05) is 26.7 Å². The number of hydrogen-bond donors (Lipinski definition) is 2. The Morgan fingerprint density at radius 1 is 1.11 bits per heavy atom. The van der Waals surface area contributed by atoms with Crippen molar-refractivity contribution in [3.05, 3.63) is 0 Å². The summed E-state index contributed by atoms with van der Waals surface area (Å²) in [6.45, 7) is 11.3. The van der Waals surface area contributed by atoms with Crippen molar-refractivity contribution in [3.63, 3.8) is 0 Å². The lowest BCUT2D eigenvalue weighted by molar-refractivity contribution is -0.122. The number of hydrogen-bond acceptors (Lipinski definition) is 3. The van der Waals surface area contributed by atoms with Crippen molar-refractivity contribution in [1.29, 1.82) is 0 Å². The van der Waals surface area contributed by atoms with Gasteiger partial charge in [-0.25, -0.2) is 0 Å².